The summed E-state index contributed by atoms with van der Waals surface area (Å²) in [6.07, 6.45) is 2.11. The number of hydrogen-bond donors (Lipinski definition) is 1. The highest BCUT2D eigenvalue weighted by molar-refractivity contribution is 6.30. The lowest BCUT2D eigenvalue weighted by molar-refractivity contribution is -0.145. The molecule has 2 aromatic rings. The van der Waals surface area contributed by atoms with Crippen LogP contribution in [0.15, 0.2) is 48.5 Å². The molecular formula is C23H25ClN2O4. The summed E-state index contributed by atoms with van der Waals surface area (Å²) in [6.45, 7) is 3.12. The molecule has 0 bridgehead atoms. The van der Waals surface area contributed by atoms with E-state index in [0.29, 0.717) is 10.6 Å². The first-order valence-electron chi connectivity index (χ1n) is 9.99. The minimum atomic E-state index is -0.493. The van der Waals surface area contributed by atoms with Crippen LogP contribution in [-0.2, 0) is 20.9 Å². The van der Waals surface area contributed by atoms with Gasteiger partial charge in [-0.15, -0.1) is 0 Å². The normalized spacial score (nSPS) is 14.3. The highest BCUT2D eigenvalue weighted by atomic mass is 35.5. The second-order valence-corrected chi connectivity index (χ2v) is 7.80. The predicted molar refractivity (Wildman–Crippen MR) is 114 cm³/mol. The minimum Gasteiger partial charge on any atom is -0.461 e. The van der Waals surface area contributed by atoms with E-state index < -0.39 is 12.0 Å². The third-order valence-corrected chi connectivity index (χ3v) is 5.27. The van der Waals surface area contributed by atoms with E-state index in [4.69, 9.17) is 16.3 Å². The van der Waals surface area contributed by atoms with Crippen molar-refractivity contribution in [1.29, 1.82) is 0 Å². The second kappa shape index (κ2) is 10.3. The number of rotatable bonds is 7. The fourth-order valence-electron chi connectivity index (χ4n) is 3.43. The molecule has 30 heavy (non-hydrogen) atoms. The van der Waals surface area contributed by atoms with Crippen LogP contribution in [0.5, 0.6) is 0 Å². The topological polar surface area (TPSA) is 75.7 Å². The van der Waals surface area contributed by atoms with E-state index in [1.165, 1.54) is 6.92 Å². The van der Waals surface area contributed by atoms with E-state index in [2.05, 4.69) is 5.32 Å². The number of benzene rings is 2. The van der Waals surface area contributed by atoms with Crippen molar-refractivity contribution in [3.63, 3.8) is 0 Å². The van der Waals surface area contributed by atoms with E-state index in [0.717, 1.165) is 37.1 Å². The van der Waals surface area contributed by atoms with Crippen molar-refractivity contribution < 1.29 is 19.1 Å². The molecule has 2 amide bonds. The van der Waals surface area contributed by atoms with Gasteiger partial charge in [0.2, 0.25) is 5.91 Å². The highest BCUT2D eigenvalue weighted by Gasteiger charge is 2.20. The first-order chi connectivity index (χ1) is 14.4. The molecule has 1 aliphatic heterocycles. The maximum atomic E-state index is 12.4. The van der Waals surface area contributed by atoms with Gasteiger partial charge in [-0.25, -0.2) is 0 Å². The van der Waals surface area contributed by atoms with Gasteiger partial charge in [0.25, 0.3) is 5.91 Å². The maximum Gasteiger partial charge on any atom is 0.308 e. The summed E-state index contributed by atoms with van der Waals surface area (Å²) in [5.41, 5.74) is 2.21. The van der Waals surface area contributed by atoms with Crippen LogP contribution in [0, 0.1) is 0 Å². The summed E-state index contributed by atoms with van der Waals surface area (Å²) >= 11 is 5.91. The van der Waals surface area contributed by atoms with Crippen molar-refractivity contribution in [2.45, 2.75) is 38.8 Å². The molecule has 1 atom stereocenters. The minimum absolute atomic E-state index is 0.00669. The van der Waals surface area contributed by atoms with Gasteiger partial charge in [-0.1, -0.05) is 35.9 Å². The average Bonchev–Trinajstić information content (AvgIpc) is 3.27. The Hall–Kier alpha value is -2.86. The number of amides is 2. The molecule has 2 aromatic carbocycles. The lowest BCUT2D eigenvalue weighted by Crippen LogP contribution is -2.28. The zero-order valence-corrected chi connectivity index (χ0v) is 17.7. The van der Waals surface area contributed by atoms with Crippen LogP contribution in [0.2, 0.25) is 5.02 Å². The lowest BCUT2D eigenvalue weighted by atomic mass is 10.0. The van der Waals surface area contributed by atoms with Crippen LogP contribution in [0.25, 0.3) is 0 Å². The lowest BCUT2D eigenvalue weighted by Gasteiger charge is -2.18. The van der Waals surface area contributed by atoms with E-state index in [9.17, 15) is 14.4 Å². The number of ether oxygens (including phenoxy) is 1. The first kappa shape index (κ1) is 21.8. The fraction of sp³-hybridized carbons (Fsp3) is 0.348. The van der Waals surface area contributed by atoms with Crippen molar-refractivity contribution in [2.75, 3.05) is 13.1 Å². The van der Waals surface area contributed by atoms with Gasteiger partial charge in [-0.3, -0.25) is 14.4 Å². The Morgan fingerprint density at radius 1 is 1.03 bits per heavy atom. The van der Waals surface area contributed by atoms with E-state index in [-0.39, 0.29) is 24.8 Å². The SMILES string of the molecule is CC(=O)NC(CC(=O)OCc1ccc(C(=O)N2CCCC2)cc1)c1ccc(Cl)cc1. The molecule has 3 rings (SSSR count). The van der Waals surface area contributed by atoms with Crippen LogP contribution < -0.4 is 5.32 Å². The van der Waals surface area contributed by atoms with Gasteiger partial charge in [-0.2, -0.15) is 0 Å². The Bertz CT molecular complexity index is 890. The van der Waals surface area contributed by atoms with Gasteiger partial charge in [0, 0.05) is 30.6 Å². The molecule has 1 heterocycles. The summed E-state index contributed by atoms with van der Waals surface area (Å²) < 4.78 is 5.37. The van der Waals surface area contributed by atoms with E-state index in [1.54, 1.807) is 48.5 Å². The second-order valence-electron chi connectivity index (χ2n) is 7.37. The Labute approximate surface area is 181 Å². The molecule has 0 saturated carbocycles. The van der Waals surface area contributed by atoms with Gasteiger partial charge < -0.3 is 15.0 Å². The smallest absolute Gasteiger partial charge is 0.308 e. The van der Waals surface area contributed by atoms with Crippen LogP contribution in [0.1, 0.15) is 53.7 Å². The molecule has 0 radical (unpaired) electrons. The van der Waals surface area contributed by atoms with E-state index >= 15 is 0 Å². The van der Waals surface area contributed by atoms with E-state index in [1.807, 2.05) is 4.90 Å². The molecule has 0 aliphatic carbocycles. The number of carbonyl (C=O) groups is 3. The third-order valence-electron chi connectivity index (χ3n) is 5.01. The quantitative estimate of drug-likeness (QED) is 0.679. The van der Waals surface area contributed by atoms with Gasteiger partial charge in [-0.05, 0) is 48.2 Å². The van der Waals surface area contributed by atoms with Crippen molar-refractivity contribution in [2.24, 2.45) is 0 Å². The summed E-state index contributed by atoms with van der Waals surface area (Å²) in [5, 5.41) is 3.34. The molecule has 158 valence electrons. The van der Waals surface area contributed by atoms with Crippen LogP contribution in [-0.4, -0.2) is 35.8 Å². The number of hydrogen-bond acceptors (Lipinski definition) is 4. The maximum absolute atomic E-state index is 12.4. The fourth-order valence-corrected chi connectivity index (χ4v) is 3.55. The molecule has 7 heteroatoms. The molecular weight excluding hydrogens is 404 g/mol. The number of esters is 1. The Morgan fingerprint density at radius 3 is 2.27 bits per heavy atom. The largest absolute Gasteiger partial charge is 0.461 e. The summed E-state index contributed by atoms with van der Waals surface area (Å²) in [4.78, 5) is 38.1. The van der Waals surface area contributed by atoms with Gasteiger partial charge in [0.1, 0.15) is 6.61 Å². The van der Waals surface area contributed by atoms with Crippen LogP contribution in [0.3, 0.4) is 0 Å². The monoisotopic (exact) mass is 428 g/mol. The van der Waals surface area contributed by atoms with Crippen molar-refractivity contribution >= 4 is 29.4 Å². The van der Waals surface area contributed by atoms with Crippen LogP contribution >= 0.6 is 11.6 Å². The zero-order valence-electron chi connectivity index (χ0n) is 16.9. The molecule has 0 spiro atoms. The number of halogens is 1. The summed E-state index contributed by atoms with van der Waals surface area (Å²) in [7, 11) is 0. The number of nitrogens with one attached hydrogen (secondary N) is 1. The Balaban J connectivity index is 1.55. The van der Waals surface area contributed by atoms with Crippen molar-refractivity contribution in [1.82, 2.24) is 10.2 Å². The Morgan fingerprint density at radius 2 is 1.67 bits per heavy atom. The van der Waals surface area contributed by atoms with Crippen molar-refractivity contribution in [3.05, 3.63) is 70.2 Å². The average molecular weight is 429 g/mol. The standard InChI is InChI=1S/C23H25ClN2O4/c1-16(27)25-21(18-8-10-20(24)11-9-18)14-22(28)30-15-17-4-6-19(7-5-17)23(29)26-12-2-3-13-26/h4-11,21H,2-3,12-15H2,1H3,(H,25,27). The predicted octanol–water partition coefficient (Wildman–Crippen LogP) is 3.89. The molecule has 1 unspecified atom stereocenters. The number of nitrogens with zero attached hydrogens (tertiary/aromatic N) is 1. The zero-order chi connectivity index (χ0) is 21.5. The van der Waals surface area contributed by atoms with Gasteiger partial charge in [0.15, 0.2) is 0 Å². The molecule has 1 saturated heterocycles. The highest BCUT2D eigenvalue weighted by Crippen LogP contribution is 2.20. The first-order valence-corrected chi connectivity index (χ1v) is 10.4. The molecule has 1 N–H and O–H groups in total. The van der Waals surface area contributed by atoms with Crippen molar-refractivity contribution in [3.8, 4) is 0 Å². The third kappa shape index (κ3) is 6.07. The summed E-state index contributed by atoms with van der Waals surface area (Å²) in [6, 6.07) is 13.6. The summed E-state index contributed by atoms with van der Waals surface area (Å²) in [5.74, 6) is -0.626. The van der Waals surface area contributed by atoms with Crippen LogP contribution in [0.4, 0.5) is 0 Å². The molecule has 0 aromatic heterocycles. The Kier molecular flexibility index (Phi) is 7.46. The van der Waals surface area contributed by atoms with Gasteiger partial charge >= 0.3 is 5.97 Å². The molecule has 1 fully saturated rings. The molecule has 1 aliphatic rings. The number of carbonyl (C=O) groups excluding carboxylic acids is 3. The molecule has 6 nitrogen and oxygen atoms in total. The number of likely N-dealkylation sites (tertiary alicyclic amines) is 1. The van der Waals surface area contributed by atoms with Gasteiger partial charge in [0.05, 0.1) is 12.5 Å².